The number of nitrogens with zero attached hydrogens (tertiary/aromatic N) is 2. The summed E-state index contributed by atoms with van der Waals surface area (Å²) in [6.07, 6.45) is 7.74. The fourth-order valence-corrected chi connectivity index (χ4v) is 3.32. The molecule has 5 nitrogen and oxygen atoms in total. The molecule has 2 heterocycles. The van der Waals surface area contributed by atoms with Gasteiger partial charge < -0.3 is 15.0 Å². The third-order valence-corrected chi connectivity index (χ3v) is 5.05. The van der Waals surface area contributed by atoms with E-state index in [0.29, 0.717) is 31.1 Å². The lowest BCUT2D eigenvalue weighted by atomic mass is 9.92. The van der Waals surface area contributed by atoms with Gasteiger partial charge >= 0.3 is 0 Å². The summed E-state index contributed by atoms with van der Waals surface area (Å²) in [5.41, 5.74) is 4.35. The van der Waals surface area contributed by atoms with Crippen LogP contribution in [-0.4, -0.2) is 48.6 Å². The molecule has 0 saturated carbocycles. The largest absolute Gasteiger partial charge is 0.492 e. The van der Waals surface area contributed by atoms with Gasteiger partial charge in [-0.2, -0.15) is 0 Å². The number of ether oxygens (including phenoxy) is 1. The second-order valence-corrected chi connectivity index (χ2v) is 6.95. The Morgan fingerprint density at radius 3 is 2.69 bits per heavy atom. The summed E-state index contributed by atoms with van der Waals surface area (Å²) in [6.45, 7) is 17.7. The van der Waals surface area contributed by atoms with E-state index in [9.17, 15) is 4.79 Å². The average Bonchev–Trinajstić information content (AvgIpc) is 2.78. The molecule has 0 aliphatic carbocycles. The van der Waals surface area contributed by atoms with Gasteiger partial charge in [0.05, 0.1) is 0 Å². The molecular weight excluding hydrogens is 362 g/mol. The number of amides is 1. The first-order valence-corrected chi connectivity index (χ1v) is 10.4. The third kappa shape index (κ3) is 5.91. The molecule has 0 bridgehead atoms. The smallest absolute Gasteiger partial charge is 0.272 e. The van der Waals surface area contributed by atoms with Gasteiger partial charge in [0.25, 0.3) is 5.91 Å². The Hall–Kier alpha value is -2.66. The predicted octanol–water partition coefficient (Wildman–Crippen LogP) is 4.36. The van der Waals surface area contributed by atoms with E-state index in [1.807, 2.05) is 32.9 Å². The first-order valence-electron chi connectivity index (χ1n) is 10.4. The molecule has 1 aromatic rings. The lowest BCUT2D eigenvalue weighted by molar-refractivity contribution is 0.0767. The van der Waals surface area contributed by atoms with Crippen LogP contribution in [0, 0.1) is 0 Å². The first-order chi connectivity index (χ1) is 14.0. The fourth-order valence-electron chi connectivity index (χ4n) is 3.32. The van der Waals surface area contributed by atoms with E-state index in [-0.39, 0.29) is 5.91 Å². The SMILES string of the molecule is C=C/C(C)=C1C(=C)OCCNCCC/C=C\1c1ccc(C(=O)N(CC)CC)nc1. The number of allylic oxidation sites excluding steroid dienone is 4. The second-order valence-electron chi connectivity index (χ2n) is 6.95. The number of carbonyl (C=O) groups is 1. The van der Waals surface area contributed by atoms with Crippen LogP contribution in [0.15, 0.2) is 60.5 Å². The molecule has 0 aromatic carbocycles. The Labute approximate surface area is 174 Å². The molecule has 0 radical (unpaired) electrons. The third-order valence-electron chi connectivity index (χ3n) is 5.05. The highest BCUT2D eigenvalue weighted by atomic mass is 16.5. The minimum atomic E-state index is -0.0465. The van der Waals surface area contributed by atoms with Gasteiger partial charge in [0.1, 0.15) is 18.1 Å². The van der Waals surface area contributed by atoms with Gasteiger partial charge in [0.2, 0.25) is 0 Å². The maximum Gasteiger partial charge on any atom is 0.272 e. The molecule has 1 N–H and O–H groups in total. The molecule has 0 unspecified atom stereocenters. The minimum Gasteiger partial charge on any atom is -0.492 e. The van der Waals surface area contributed by atoms with Gasteiger partial charge in [-0.1, -0.05) is 31.4 Å². The molecule has 1 amide bonds. The highest BCUT2D eigenvalue weighted by Crippen LogP contribution is 2.32. The molecular formula is C24H33N3O2. The van der Waals surface area contributed by atoms with Crippen LogP contribution in [0.3, 0.4) is 0 Å². The van der Waals surface area contributed by atoms with Gasteiger partial charge in [0.15, 0.2) is 0 Å². The molecule has 1 aromatic heterocycles. The zero-order valence-corrected chi connectivity index (χ0v) is 18.0. The topological polar surface area (TPSA) is 54.5 Å². The van der Waals surface area contributed by atoms with Crippen molar-refractivity contribution in [3.8, 4) is 0 Å². The zero-order valence-electron chi connectivity index (χ0n) is 18.0. The van der Waals surface area contributed by atoms with E-state index >= 15 is 0 Å². The molecule has 1 aliphatic rings. The van der Waals surface area contributed by atoms with E-state index in [0.717, 1.165) is 48.2 Å². The lowest BCUT2D eigenvalue weighted by Crippen LogP contribution is -2.31. The van der Waals surface area contributed by atoms with Crippen molar-refractivity contribution in [2.45, 2.75) is 33.6 Å². The number of pyridine rings is 1. The first kappa shape index (κ1) is 22.6. The molecule has 29 heavy (non-hydrogen) atoms. The Morgan fingerprint density at radius 2 is 2.07 bits per heavy atom. The Morgan fingerprint density at radius 1 is 1.31 bits per heavy atom. The van der Waals surface area contributed by atoms with Gasteiger partial charge in [0, 0.05) is 37.0 Å². The van der Waals surface area contributed by atoms with Gasteiger partial charge in [-0.25, -0.2) is 0 Å². The van der Waals surface area contributed by atoms with Crippen molar-refractivity contribution in [2.24, 2.45) is 0 Å². The molecule has 0 spiro atoms. The number of hydrogen-bond acceptors (Lipinski definition) is 4. The Balaban J connectivity index is 2.44. The maximum absolute atomic E-state index is 12.6. The van der Waals surface area contributed by atoms with Crippen LogP contribution in [0.4, 0.5) is 0 Å². The van der Waals surface area contributed by atoms with Crippen molar-refractivity contribution >= 4 is 11.5 Å². The standard InChI is InChI=1S/C24H33N3O2/c1-6-18(4)23-19(5)29-16-15-25-14-10-9-11-21(23)20-12-13-22(26-17-20)24(28)27(7-2)8-3/h6,11-13,17,25H,1,5,7-10,14-16H2,2-4H3/b21-11-,23-18+. The number of hydrogen-bond donors (Lipinski definition) is 1. The van der Waals surface area contributed by atoms with Crippen LogP contribution in [0.5, 0.6) is 0 Å². The van der Waals surface area contributed by atoms with Crippen molar-refractivity contribution in [3.63, 3.8) is 0 Å². The highest BCUT2D eigenvalue weighted by Gasteiger charge is 2.18. The van der Waals surface area contributed by atoms with Crippen molar-refractivity contribution < 1.29 is 9.53 Å². The maximum atomic E-state index is 12.6. The van der Waals surface area contributed by atoms with Gasteiger partial charge in [-0.15, -0.1) is 0 Å². The van der Waals surface area contributed by atoms with Crippen molar-refractivity contribution in [1.29, 1.82) is 0 Å². The summed E-state index contributed by atoms with van der Waals surface area (Å²) >= 11 is 0. The predicted molar refractivity (Wildman–Crippen MR) is 120 cm³/mol. The van der Waals surface area contributed by atoms with Crippen LogP contribution >= 0.6 is 0 Å². The number of carbonyl (C=O) groups excluding carboxylic acids is 1. The molecule has 0 saturated heterocycles. The van der Waals surface area contributed by atoms with E-state index < -0.39 is 0 Å². The summed E-state index contributed by atoms with van der Waals surface area (Å²) in [6, 6.07) is 3.76. The molecule has 2 rings (SSSR count). The van der Waals surface area contributed by atoms with Gasteiger partial charge in [-0.3, -0.25) is 9.78 Å². The number of rotatable bonds is 5. The van der Waals surface area contributed by atoms with Gasteiger partial charge in [-0.05, 0) is 57.4 Å². The zero-order chi connectivity index (χ0) is 21.2. The normalized spacial score (nSPS) is 19.3. The van der Waals surface area contributed by atoms with E-state index in [1.165, 1.54) is 0 Å². The number of nitrogens with one attached hydrogen (secondary N) is 1. The molecule has 1 aliphatic heterocycles. The van der Waals surface area contributed by atoms with Crippen molar-refractivity contribution in [1.82, 2.24) is 15.2 Å². The van der Waals surface area contributed by atoms with Crippen LogP contribution in [0.2, 0.25) is 0 Å². The quantitative estimate of drug-likeness (QED) is 0.805. The fraction of sp³-hybridized carbons (Fsp3) is 0.417. The summed E-state index contributed by atoms with van der Waals surface area (Å²) in [7, 11) is 0. The summed E-state index contributed by atoms with van der Waals surface area (Å²) < 4.78 is 5.90. The van der Waals surface area contributed by atoms with Crippen LogP contribution in [0.1, 0.15) is 49.7 Å². The molecule has 156 valence electrons. The molecule has 0 fully saturated rings. The van der Waals surface area contributed by atoms with Crippen molar-refractivity contribution in [2.75, 3.05) is 32.8 Å². The van der Waals surface area contributed by atoms with E-state index in [1.54, 1.807) is 17.2 Å². The summed E-state index contributed by atoms with van der Waals surface area (Å²) in [4.78, 5) is 18.8. The van der Waals surface area contributed by atoms with Crippen molar-refractivity contribution in [3.05, 3.63) is 71.8 Å². The molecule has 0 atom stereocenters. The second kappa shape index (κ2) is 11.4. The summed E-state index contributed by atoms with van der Waals surface area (Å²) in [5.74, 6) is 0.579. The number of aromatic nitrogens is 1. The van der Waals surface area contributed by atoms with E-state index in [4.69, 9.17) is 4.74 Å². The average molecular weight is 396 g/mol. The highest BCUT2D eigenvalue weighted by molar-refractivity contribution is 5.93. The Bertz CT molecular complexity index is 787. The minimum absolute atomic E-state index is 0.0465. The lowest BCUT2D eigenvalue weighted by Gasteiger charge is -2.20. The monoisotopic (exact) mass is 395 g/mol. The summed E-state index contributed by atoms with van der Waals surface area (Å²) in [5, 5.41) is 3.37. The van der Waals surface area contributed by atoms with Crippen LogP contribution in [-0.2, 0) is 4.74 Å². The molecule has 5 heteroatoms. The van der Waals surface area contributed by atoms with E-state index in [2.05, 4.69) is 29.5 Å². The van der Waals surface area contributed by atoms with Crippen LogP contribution < -0.4 is 5.32 Å². The van der Waals surface area contributed by atoms with Crippen LogP contribution in [0.25, 0.3) is 5.57 Å². The Kier molecular flexibility index (Phi) is 8.87.